The van der Waals surface area contributed by atoms with Gasteiger partial charge in [0.25, 0.3) is 0 Å². The number of aliphatic hydroxyl groups excluding tert-OH is 2. The molecular weight excluding hydrogens is 620 g/mol. The Morgan fingerprint density at radius 3 is 1.41 bits per heavy atom. The van der Waals surface area contributed by atoms with Crippen molar-refractivity contribution in [3.63, 3.8) is 0 Å². The first-order valence-electron chi connectivity index (χ1n) is 13.3. The summed E-state index contributed by atoms with van der Waals surface area (Å²) in [6.07, 6.45) is 1.46. The third-order valence-electron chi connectivity index (χ3n) is 7.41. The molecule has 0 saturated heterocycles. The van der Waals surface area contributed by atoms with Gasteiger partial charge in [0.15, 0.2) is 0 Å². The van der Waals surface area contributed by atoms with Crippen LogP contribution in [0.4, 0.5) is 0 Å². The summed E-state index contributed by atoms with van der Waals surface area (Å²) in [4.78, 5) is 0. The molecule has 0 aromatic heterocycles. The van der Waals surface area contributed by atoms with E-state index in [4.69, 9.17) is 9.47 Å². The van der Waals surface area contributed by atoms with Gasteiger partial charge >= 0.3 is 0 Å². The fourth-order valence-corrected chi connectivity index (χ4v) is 6.62. The van der Waals surface area contributed by atoms with Crippen LogP contribution < -0.4 is 0 Å². The zero-order chi connectivity index (χ0) is 27.2. The second-order valence-electron chi connectivity index (χ2n) is 9.62. The Morgan fingerprint density at radius 1 is 0.538 bits per heavy atom. The van der Waals surface area contributed by atoms with Crippen molar-refractivity contribution in [1.29, 1.82) is 0 Å². The Bertz CT molecular complexity index is 1330. The Morgan fingerprint density at radius 2 is 0.974 bits per heavy atom. The quantitative estimate of drug-likeness (QED) is 0.148. The summed E-state index contributed by atoms with van der Waals surface area (Å²) in [5, 5.41) is 18.5. The van der Waals surface area contributed by atoms with Crippen molar-refractivity contribution in [1.82, 2.24) is 0 Å². The third-order valence-corrected chi connectivity index (χ3v) is 8.39. The molecular formula is C33H32Br2O4. The molecule has 4 aromatic carbocycles. The minimum absolute atomic E-state index is 0.0140. The highest BCUT2D eigenvalue weighted by atomic mass is 79.9. The summed E-state index contributed by atoms with van der Waals surface area (Å²) in [5.74, 6) is 0. The van der Waals surface area contributed by atoms with Crippen LogP contribution in [0, 0.1) is 0 Å². The molecule has 0 amide bonds. The molecule has 0 bridgehead atoms. The molecule has 0 unspecified atom stereocenters. The smallest absolute Gasteiger partial charge is 0.0719 e. The van der Waals surface area contributed by atoms with Gasteiger partial charge in [-0.15, -0.1) is 0 Å². The van der Waals surface area contributed by atoms with Gasteiger partial charge in [0.2, 0.25) is 0 Å². The van der Waals surface area contributed by atoms with E-state index in [2.05, 4.69) is 117 Å². The van der Waals surface area contributed by atoms with Crippen LogP contribution in [0.3, 0.4) is 0 Å². The summed E-state index contributed by atoms with van der Waals surface area (Å²) >= 11 is 7.56. The van der Waals surface area contributed by atoms with Crippen molar-refractivity contribution in [2.24, 2.45) is 0 Å². The van der Waals surface area contributed by atoms with Crippen LogP contribution in [0.15, 0.2) is 93.9 Å². The molecule has 0 aliphatic heterocycles. The number of ether oxygens (including phenoxy) is 2. The molecule has 0 atom stereocenters. The van der Waals surface area contributed by atoms with E-state index >= 15 is 0 Å². The lowest BCUT2D eigenvalue weighted by Crippen LogP contribution is -2.32. The van der Waals surface area contributed by atoms with Crippen LogP contribution in [0.2, 0.25) is 0 Å². The van der Waals surface area contributed by atoms with E-state index in [-0.39, 0.29) is 13.2 Å². The van der Waals surface area contributed by atoms with Crippen molar-refractivity contribution in [3.05, 3.63) is 127 Å². The van der Waals surface area contributed by atoms with Crippen molar-refractivity contribution < 1.29 is 19.7 Å². The number of halogens is 2. The van der Waals surface area contributed by atoms with Gasteiger partial charge < -0.3 is 19.7 Å². The zero-order valence-electron chi connectivity index (χ0n) is 21.7. The molecule has 0 heterocycles. The minimum atomic E-state index is -0.570. The molecule has 0 fully saturated rings. The fourth-order valence-electron chi connectivity index (χ4n) is 5.90. The number of rotatable bonds is 12. The molecule has 0 radical (unpaired) electrons. The average molecular weight is 652 g/mol. The highest BCUT2D eigenvalue weighted by Crippen LogP contribution is 2.58. The second kappa shape index (κ2) is 12.9. The van der Waals surface area contributed by atoms with Crippen molar-refractivity contribution >= 4 is 31.9 Å². The fraction of sp³-hybridized carbons (Fsp3) is 0.273. The van der Waals surface area contributed by atoms with E-state index in [0.717, 1.165) is 21.8 Å². The van der Waals surface area contributed by atoms with E-state index in [0.29, 0.717) is 26.4 Å². The lowest BCUT2D eigenvalue weighted by Gasteiger charge is -2.37. The summed E-state index contributed by atoms with van der Waals surface area (Å²) < 4.78 is 13.5. The normalized spacial score (nSPS) is 13.3. The van der Waals surface area contributed by atoms with Gasteiger partial charge in [0, 0.05) is 8.95 Å². The molecule has 4 nitrogen and oxygen atoms in total. The van der Waals surface area contributed by atoms with Gasteiger partial charge in [-0.05, 0) is 81.6 Å². The average Bonchev–Trinajstić information content (AvgIpc) is 3.23. The maximum Gasteiger partial charge on any atom is 0.0719 e. The lowest BCUT2D eigenvalue weighted by atomic mass is 9.65. The Labute approximate surface area is 246 Å². The highest BCUT2D eigenvalue weighted by Gasteiger charge is 2.48. The van der Waals surface area contributed by atoms with Gasteiger partial charge in [0.05, 0.1) is 45.1 Å². The molecule has 202 valence electrons. The first-order valence-corrected chi connectivity index (χ1v) is 14.8. The molecule has 4 aromatic rings. The predicted octanol–water partition coefficient (Wildman–Crippen LogP) is 6.68. The van der Waals surface area contributed by atoms with Crippen molar-refractivity contribution in [2.45, 2.75) is 18.3 Å². The molecule has 0 saturated carbocycles. The second-order valence-corrected chi connectivity index (χ2v) is 11.4. The summed E-state index contributed by atoms with van der Waals surface area (Å²) in [7, 11) is 0. The summed E-state index contributed by atoms with van der Waals surface area (Å²) in [5.41, 5.74) is 9.20. The summed E-state index contributed by atoms with van der Waals surface area (Å²) in [6.45, 7) is 1.74. The molecule has 5 rings (SSSR count). The van der Waals surface area contributed by atoms with E-state index in [1.165, 1.54) is 44.5 Å². The van der Waals surface area contributed by atoms with Gasteiger partial charge in [-0.2, -0.15) is 0 Å². The summed E-state index contributed by atoms with van der Waals surface area (Å²) in [6, 6.07) is 30.5. The van der Waals surface area contributed by atoms with Gasteiger partial charge in [-0.25, -0.2) is 0 Å². The highest BCUT2D eigenvalue weighted by molar-refractivity contribution is 9.10. The molecule has 2 N–H and O–H groups in total. The Hall–Kier alpha value is -2.32. The lowest BCUT2D eigenvalue weighted by molar-refractivity contribution is 0.0941. The maximum absolute atomic E-state index is 9.23. The topological polar surface area (TPSA) is 58.9 Å². The Kier molecular flexibility index (Phi) is 9.33. The minimum Gasteiger partial charge on any atom is -0.394 e. The predicted molar refractivity (Wildman–Crippen MR) is 162 cm³/mol. The van der Waals surface area contributed by atoms with Crippen molar-refractivity contribution in [3.8, 4) is 11.1 Å². The molecule has 39 heavy (non-hydrogen) atoms. The standard InChI is InChI=1S/C33H32Br2O4/c34-25-9-11-27-28-12-10-26(35)22-32(28)33(31(27)21-25,29-7-3-1-5-23(29)13-17-38-19-15-36)30-8-4-2-6-24(30)14-18-39-20-16-37/h1-12,21-22,36-37H,13-20H2. The van der Waals surface area contributed by atoms with Crippen LogP contribution in [0.1, 0.15) is 33.4 Å². The van der Waals surface area contributed by atoms with Gasteiger partial charge in [-0.3, -0.25) is 0 Å². The monoisotopic (exact) mass is 650 g/mol. The van der Waals surface area contributed by atoms with Crippen LogP contribution in [0.5, 0.6) is 0 Å². The zero-order valence-corrected chi connectivity index (χ0v) is 24.9. The SMILES string of the molecule is OCCOCCc1ccccc1C1(c2ccccc2CCOCCO)c2cc(Br)ccc2-c2ccc(Br)cc21. The van der Waals surface area contributed by atoms with E-state index in [1.807, 2.05) is 0 Å². The maximum atomic E-state index is 9.23. The molecule has 0 spiro atoms. The van der Waals surface area contributed by atoms with Crippen molar-refractivity contribution in [2.75, 3.05) is 39.6 Å². The number of hydrogen-bond donors (Lipinski definition) is 2. The molecule has 1 aliphatic rings. The van der Waals surface area contributed by atoms with E-state index in [9.17, 15) is 10.2 Å². The Balaban J connectivity index is 1.80. The van der Waals surface area contributed by atoms with Crippen LogP contribution >= 0.6 is 31.9 Å². The number of aliphatic hydroxyl groups is 2. The van der Waals surface area contributed by atoms with E-state index < -0.39 is 5.41 Å². The number of fused-ring (bicyclic) bond motifs is 3. The number of hydrogen-bond acceptors (Lipinski definition) is 4. The molecule has 6 heteroatoms. The van der Waals surface area contributed by atoms with Crippen LogP contribution in [0.25, 0.3) is 11.1 Å². The van der Waals surface area contributed by atoms with E-state index in [1.54, 1.807) is 0 Å². The molecule has 1 aliphatic carbocycles. The largest absolute Gasteiger partial charge is 0.394 e. The van der Waals surface area contributed by atoms with Gasteiger partial charge in [-0.1, -0.05) is 92.5 Å². The van der Waals surface area contributed by atoms with Crippen LogP contribution in [-0.4, -0.2) is 49.9 Å². The van der Waals surface area contributed by atoms with Crippen LogP contribution in [-0.2, 0) is 27.7 Å². The third kappa shape index (κ3) is 5.51. The van der Waals surface area contributed by atoms with Gasteiger partial charge in [0.1, 0.15) is 0 Å². The number of benzene rings is 4. The first kappa shape index (κ1) is 28.2. The first-order chi connectivity index (χ1) is 19.1.